The molecule has 7 unspecified atom stereocenters. The van der Waals surface area contributed by atoms with Crippen molar-refractivity contribution < 1.29 is 38.2 Å². The lowest BCUT2D eigenvalue weighted by Crippen LogP contribution is -2.71. The molecule has 10 heteroatoms. The number of ketones is 1. The molecule has 48 heavy (non-hydrogen) atoms. The van der Waals surface area contributed by atoms with Crippen LogP contribution in [0, 0.1) is 52.3 Å². The summed E-state index contributed by atoms with van der Waals surface area (Å²) in [4.78, 5) is 69.2. The smallest absolute Gasteiger partial charge is 0.410 e. The molecule has 0 aromatic carbocycles. The zero-order chi connectivity index (χ0) is 35.3. The van der Waals surface area contributed by atoms with E-state index in [0.717, 1.165) is 38.5 Å². The van der Waals surface area contributed by atoms with Crippen LogP contribution < -0.4 is 5.32 Å². The Labute approximate surface area is 287 Å². The van der Waals surface area contributed by atoms with Gasteiger partial charge in [-0.1, -0.05) is 34.1 Å². The minimum atomic E-state index is -0.780. The minimum absolute atomic E-state index is 0.000337. The number of nitrogens with zero attached hydrogens (tertiary/aromatic N) is 1. The number of ether oxygens (including phenoxy) is 3. The number of hydrogen-bond donors (Lipinski definition) is 1. The van der Waals surface area contributed by atoms with Gasteiger partial charge >= 0.3 is 18.0 Å². The van der Waals surface area contributed by atoms with Gasteiger partial charge < -0.3 is 19.5 Å². The monoisotopic (exact) mass is 672 g/mol. The molecule has 1 heterocycles. The number of carbonyl (C=O) groups excluding carboxylic acids is 5. The van der Waals surface area contributed by atoms with Crippen LogP contribution in [0.1, 0.15) is 120 Å². The van der Waals surface area contributed by atoms with Crippen molar-refractivity contribution in [1.29, 1.82) is 0 Å². The molecule has 1 saturated heterocycles. The fraction of sp³-hybridized carbons (Fsp3) is 0.868. The van der Waals surface area contributed by atoms with Crippen LogP contribution in [0.3, 0.4) is 0 Å². The minimum Gasteiger partial charge on any atom is -0.469 e. The summed E-state index contributed by atoms with van der Waals surface area (Å²) in [6.07, 6.45) is 6.63. The van der Waals surface area contributed by atoms with E-state index in [1.165, 1.54) is 18.9 Å². The fourth-order valence-electron chi connectivity index (χ4n) is 11.2. The second kappa shape index (κ2) is 13.6. The van der Waals surface area contributed by atoms with Gasteiger partial charge in [0.2, 0.25) is 5.91 Å². The Morgan fingerprint density at radius 1 is 1.06 bits per heavy atom. The predicted molar refractivity (Wildman–Crippen MR) is 179 cm³/mol. The van der Waals surface area contributed by atoms with E-state index >= 15 is 4.79 Å². The van der Waals surface area contributed by atoms with Crippen LogP contribution in [0.15, 0.2) is 0 Å². The van der Waals surface area contributed by atoms with Gasteiger partial charge in [0, 0.05) is 31.2 Å². The van der Waals surface area contributed by atoms with E-state index < -0.39 is 29.2 Å². The highest BCUT2D eigenvalue weighted by atomic mass is 16.6. The Balaban J connectivity index is 1.55. The molecule has 0 bridgehead atoms. The summed E-state index contributed by atoms with van der Waals surface area (Å²) in [6.45, 7) is 16.1. The van der Waals surface area contributed by atoms with Gasteiger partial charge in [0.1, 0.15) is 17.7 Å². The van der Waals surface area contributed by atoms with E-state index in [4.69, 9.17) is 14.2 Å². The van der Waals surface area contributed by atoms with Crippen LogP contribution >= 0.6 is 0 Å². The molecule has 4 aliphatic carbocycles. The molecule has 10 nitrogen and oxygen atoms in total. The number of Topliss-reactive ketones (excluding diaryl/α,β-unsaturated/α-hetero) is 1. The topological polar surface area (TPSA) is 128 Å². The van der Waals surface area contributed by atoms with Crippen molar-refractivity contribution in [1.82, 2.24) is 10.2 Å². The van der Waals surface area contributed by atoms with E-state index in [1.54, 1.807) is 0 Å². The number of likely N-dealkylation sites (tertiary alicyclic amines) is 1. The van der Waals surface area contributed by atoms with Crippen molar-refractivity contribution >= 4 is 29.7 Å². The summed E-state index contributed by atoms with van der Waals surface area (Å²) < 4.78 is 16.8. The van der Waals surface area contributed by atoms with Crippen molar-refractivity contribution in [3.05, 3.63) is 0 Å². The van der Waals surface area contributed by atoms with Crippen LogP contribution in [0.2, 0.25) is 0 Å². The molecule has 0 aromatic heterocycles. The third-order valence-corrected chi connectivity index (χ3v) is 13.4. The zero-order valence-electron chi connectivity index (χ0n) is 30.8. The SMILES string of the molecule is COC(=O)CC[C@@H](C)C1CCC2C3C(OC(C)=O)C[C@@H]4C[C@H](C)CC[C@]4(C)C3C(NC(=O)C3CCCN3C(=O)OC(C)(C)C)C(=O)[C@@]21C. The van der Waals surface area contributed by atoms with Crippen LogP contribution in [0.25, 0.3) is 0 Å². The van der Waals surface area contributed by atoms with E-state index in [1.807, 2.05) is 20.8 Å². The Morgan fingerprint density at radius 2 is 1.77 bits per heavy atom. The molecule has 1 N–H and O–H groups in total. The van der Waals surface area contributed by atoms with Crippen LogP contribution in [0.5, 0.6) is 0 Å². The number of nitrogens with one attached hydrogen (secondary N) is 1. The molecule has 270 valence electrons. The van der Waals surface area contributed by atoms with Crippen LogP contribution in [-0.4, -0.2) is 72.1 Å². The summed E-state index contributed by atoms with van der Waals surface area (Å²) in [5, 5.41) is 3.30. The highest BCUT2D eigenvalue weighted by Gasteiger charge is 2.70. The standard InChI is InChI=1S/C38H60N2O8/c1-21-16-17-37(7)24(19-21)20-28(47-23(3)41)30-26-14-13-25(22(2)12-15-29(42)46-9)38(26,8)33(43)32(31(30)37)39-34(44)27-11-10-18-40(27)35(45)48-36(4,5)6/h21-22,24-28,30-32H,10-20H2,1-9H3,(H,39,44)/t21-,22-,24+,25?,26?,27?,28?,30?,31?,32?,37+,38-/m1/s1. The molecular formula is C38H60N2O8. The van der Waals surface area contributed by atoms with Crippen molar-refractivity contribution in [3.8, 4) is 0 Å². The molecule has 0 radical (unpaired) electrons. The maximum absolute atomic E-state index is 15.3. The summed E-state index contributed by atoms with van der Waals surface area (Å²) in [5.74, 6) is -0.299. The van der Waals surface area contributed by atoms with Gasteiger partial charge in [0.05, 0.1) is 13.2 Å². The first-order chi connectivity index (χ1) is 22.4. The van der Waals surface area contributed by atoms with E-state index in [9.17, 15) is 19.2 Å². The van der Waals surface area contributed by atoms with Crippen LogP contribution in [0.4, 0.5) is 4.79 Å². The van der Waals surface area contributed by atoms with Gasteiger partial charge in [0.15, 0.2) is 5.78 Å². The van der Waals surface area contributed by atoms with Gasteiger partial charge in [-0.25, -0.2) is 4.79 Å². The lowest BCUT2D eigenvalue weighted by atomic mass is 9.41. The highest BCUT2D eigenvalue weighted by Crippen LogP contribution is 2.68. The number of esters is 2. The lowest BCUT2D eigenvalue weighted by molar-refractivity contribution is -0.199. The van der Waals surface area contributed by atoms with Gasteiger partial charge in [-0.2, -0.15) is 0 Å². The quantitative estimate of drug-likeness (QED) is 0.254. The number of rotatable bonds is 7. The number of amides is 2. The average Bonchev–Trinajstić information content (AvgIpc) is 3.63. The van der Waals surface area contributed by atoms with Crippen molar-refractivity contribution in [2.75, 3.05) is 13.7 Å². The predicted octanol–water partition coefficient (Wildman–Crippen LogP) is 6.09. The molecule has 12 atom stereocenters. The van der Waals surface area contributed by atoms with E-state index in [0.29, 0.717) is 31.7 Å². The summed E-state index contributed by atoms with van der Waals surface area (Å²) in [7, 11) is 1.39. The van der Waals surface area contributed by atoms with Gasteiger partial charge in [0.25, 0.3) is 0 Å². The Kier molecular flexibility index (Phi) is 10.4. The largest absolute Gasteiger partial charge is 0.469 e. The molecule has 2 amide bonds. The molecular weight excluding hydrogens is 612 g/mol. The Hall–Kier alpha value is -2.65. The van der Waals surface area contributed by atoms with Gasteiger partial charge in [-0.3, -0.25) is 24.1 Å². The van der Waals surface area contributed by atoms with Crippen LogP contribution in [-0.2, 0) is 33.4 Å². The normalized spacial score (nSPS) is 39.8. The zero-order valence-corrected chi connectivity index (χ0v) is 30.8. The summed E-state index contributed by atoms with van der Waals surface area (Å²) in [5.41, 5.74) is -1.70. The first-order valence-electron chi connectivity index (χ1n) is 18.5. The maximum Gasteiger partial charge on any atom is 0.410 e. The number of hydrogen-bond acceptors (Lipinski definition) is 8. The molecule has 0 aromatic rings. The Morgan fingerprint density at radius 3 is 2.42 bits per heavy atom. The number of methoxy groups -OCH3 is 1. The first-order valence-corrected chi connectivity index (χ1v) is 18.5. The summed E-state index contributed by atoms with van der Waals surface area (Å²) in [6, 6.07) is -1.50. The molecule has 4 saturated carbocycles. The number of carbonyl (C=O) groups is 5. The van der Waals surface area contributed by atoms with Gasteiger partial charge in [-0.05, 0) is 113 Å². The van der Waals surface area contributed by atoms with Crippen molar-refractivity contribution in [3.63, 3.8) is 0 Å². The average molecular weight is 673 g/mol. The molecule has 1 aliphatic heterocycles. The van der Waals surface area contributed by atoms with E-state index in [-0.39, 0.29) is 77.1 Å². The molecule has 5 rings (SSSR count). The molecule has 0 spiro atoms. The second-order valence-corrected chi connectivity index (χ2v) is 17.4. The maximum atomic E-state index is 15.3. The molecule has 5 fully saturated rings. The molecule has 5 aliphatic rings. The number of fused-ring (bicyclic) bond motifs is 5. The fourth-order valence-corrected chi connectivity index (χ4v) is 11.2. The third-order valence-electron chi connectivity index (χ3n) is 13.4. The first kappa shape index (κ1) is 36.6. The van der Waals surface area contributed by atoms with Crippen molar-refractivity contribution in [2.24, 2.45) is 52.3 Å². The van der Waals surface area contributed by atoms with Gasteiger partial charge in [-0.15, -0.1) is 0 Å². The third kappa shape index (κ3) is 6.62. The Bertz CT molecular complexity index is 1280. The second-order valence-electron chi connectivity index (χ2n) is 17.4. The van der Waals surface area contributed by atoms with E-state index in [2.05, 4.69) is 33.0 Å². The highest BCUT2D eigenvalue weighted by molar-refractivity contribution is 5.96. The van der Waals surface area contributed by atoms with Crippen molar-refractivity contribution in [2.45, 2.75) is 143 Å². The summed E-state index contributed by atoms with van der Waals surface area (Å²) >= 11 is 0. The lowest BCUT2D eigenvalue weighted by Gasteiger charge is -2.64.